The quantitative estimate of drug-likeness (QED) is 0.507. The van der Waals surface area contributed by atoms with Crippen molar-refractivity contribution in [1.29, 1.82) is 0 Å². The minimum absolute atomic E-state index is 0.0720. The third kappa shape index (κ3) is 3.60. The van der Waals surface area contributed by atoms with Crippen molar-refractivity contribution in [2.75, 3.05) is 12.3 Å². The second-order valence-corrected chi connectivity index (χ2v) is 7.28. The van der Waals surface area contributed by atoms with Gasteiger partial charge in [0.2, 0.25) is 0 Å². The molecule has 1 aromatic heterocycles. The Morgan fingerprint density at radius 3 is 2.33 bits per heavy atom. The van der Waals surface area contributed by atoms with Gasteiger partial charge in [-0.15, -0.1) is 4.09 Å². The van der Waals surface area contributed by atoms with E-state index in [4.69, 9.17) is 10.5 Å². The van der Waals surface area contributed by atoms with Crippen LogP contribution in [-0.2, 0) is 10.0 Å². The number of nitrogen functional groups attached to an aromatic ring is 1. The second kappa shape index (κ2) is 7.08. The molecule has 2 N–H and O–H groups in total. The van der Waals surface area contributed by atoms with E-state index in [-0.39, 0.29) is 16.4 Å². The van der Waals surface area contributed by atoms with Crippen LogP contribution in [0.2, 0.25) is 0 Å². The van der Waals surface area contributed by atoms with Crippen molar-refractivity contribution in [2.45, 2.75) is 11.8 Å². The molecule has 10 heteroatoms. The van der Waals surface area contributed by atoms with Crippen LogP contribution in [0.15, 0.2) is 59.5 Å². The molecule has 0 bridgehead atoms. The zero-order chi connectivity index (χ0) is 19.6. The van der Waals surface area contributed by atoms with Crippen LogP contribution >= 0.6 is 0 Å². The molecule has 0 radical (unpaired) electrons. The second-order valence-electron chi connectivity index (χ2n) is 5.51. The molecule has 3 rings (SSSR count). The number of anilines is 1. The van der Waals surface area contributed by atoms with Crippen LogP contribution in [0.4, 0.5) is 11.5 Å². The SMILES string of the molecule is CCOc1ccc(-c2cc(N)n(S(=O)(=O)c3ccc([N+](=O)[O-])cc3)n2)cc1. The van der Waals surface area contributed by atoms with Crippen molar-refractivity contribution in [1.82, 2.24) is 9.19 Å². The number of ether oxygens (including phenoxy) is 1. The first-order chi connectivity index (χ1) is 12.8. The Kier molecular flexibility index (Phi) is 4.82. The molecule has 0 saturated heterocycles. The van der Waals surface area contributed by atoms with Gasteiger partial charge in [-0.05, 0) is 43.3 Å². The predicted octanol–water partition coefficient (Wildman–Crippen LogP) is 2.68. The number of aromatic nitrogens is 2. The first-order valence-electron chi connectivity index (χ1n) is 7.91. The molecule has 9 nitrogen and oxygen atoms in total. The Bertz CT molecular complexity index is 1070. The lowest BCUT2D eigenvalue weighted by molar-refractivity contribution is -0.384. The third-order valence-electron chi connectivity index (χ3n) is 3.74. The molecule has 0 fully saturated rings. The van der Waals surface area contributed by atoms with E-state index < -0.39 is 14.9 Å². The molecular weight excluding hydrogens is 372 g/mol. The van der Waals surface area contributed by atoms with Gasteiger partial charge in [-0.3, -0.25) is 10.1 Å². The molecule has 0 aliphatic rings. The largest absolute Gasteiger partial charge is 0.494 e. The lowest BCUT2D eigenvalue weighted by atomic mass is 10.1. The lowest BCUT2D eigenvalue weighted by Gasteiger charge is -2.06. The summed E-state index contributed by atoms with van der Waals surface area (Å²) < 4.78 is 31.6. The zero-order valence-corrected chi connectivity index (χ0v) is 15.1. The van der Waals surface area contributed by atoms with E-state index in [1.165, 1.54) is 6.07 Å². The van der Waals surface area contributed by atoms with Crippen molar-refractivity contribution >= 4 is 21.5 Å². The van der Waals surface area contributed by atoms with Gasteiger partial charge >= 0.3 is 0 Å². The molecule has 0 aliphatic carbocycles. The fraction of sp³-hybridized carbons (Fsp3) is 0.118. The average Bonchev–Trinajstić information content (AvgIpc) is 3.05. The Morgan fingerprint density at radius 1 is 1.15 bits per heavy atom. The van der Waals surface area contributed by atoms with E-state index in [9.17, 15) is 18.5 Å². The van der Waals surface area contributed by atoms with Gasteiger partial charge in [0.15, 0.2) is 0 Å². The number of benzene rings is 2. The van der Waals surface area contributed by atoms with E-state index in [1.807, 2.05) is 6.92 Å². The number of rotatable bonds is 6. The minimum atomic E-state index is -4.08. The molecule has 0 spiro atoms. The highest BCUT2D eigenvalue weighted by Gasteiger charge is 2.23. The van der Waals surface area contributed by atoms with Gasteiger partial charge in [-0.1, -0.05) is 0 Å². The summed E-state index contributed by atoms with van der Waals surface area (Å²) in [5.74, 6) is 0.615. The summed E-state index contributed by atoms with van der Waals surface area (Å²) in [6.07, 6.45) is 0. The van der Waals surface area contributed by atoms with Crippen molar-refractivity contribution in [3.05, 3.63) is 64.7 Å². The minimum Gasteiger partial charge on any atom is -0.494 e. The fourth-order valence-corrected chi connectivity index (χ4v) is 3.65. The monoisotopic (exact) mass is 388 g/mol. The van der Waals surface area contributed by atoms with Gasteiger partial charge in [-0.25, -0.2) is 0 Å². The number of nitrogens with two attached hydrogens (primary N) is 1. The van der Waals surface area contributed by atoms with Crippen LogP contribution in [-0.4, -0.2) is 29.1 Å². The maximum atomic E-state index is 12.8. The maximum absolute atomic E-state index is 12.8. The number of nitro groups is 1. The average molecular weight is 388 g/mol. The first-order valence-corrected chi connectivity index (χ1v) is 9.35. The van der Waals surface area contributed by atoms with E-state index in [1.54, 1.807) is 24.3 Å². The molecule has 0 atom stereocenters. The number of hydrogen-bond donors (Lipinski definition) is 1. The smallest absolute Gasteiger partial charge is 0.284 e. The lowest BCUT2D eigenvalue weighted by Crippen LogP contribution is -2.16. The Morgan fingerprint density at radius 2 is 1.78 bits per heavy atom. The molecular formula is C17H16N4O5S. The van der Waals surface area contributed by atoms with Gasteiger partial charge in [0.1, 0.15) is 11.6 Å². The molecule has 3 aromatic rings. The number of nitro benzene ring substituents is 1. The summed E-state index contributed by atoms with van der Waals surface area (Å²) in [6.45, 7) is 2.41. The highest BCUT2D eigenvalue weighted by atomic mass is 32.2. The van der Waals surface area contributed by atoms with Gasteiger partial charge in [0, 0.05) is 23.8 Å². The molecule has 0 amide bonds. The Balaban J connectivity index is 1.96. The molecule has 0 aliphatic heterocycles. The van der Waals surface area contributed by atoms with Crippen molar-refractivity contribution in [3.63, 3.8) is 0 Å². The van der Waals surface area contributed by atoms with Crippen LogP contribution in [0.5, 0.6) is 5.75 Å². The topological polar surface area (TPSA) is 130 Å². The summed E-state index contributed by atoms with van der Waals surface area (Å²) >= 11 is 0. The van der Waals surface area contributed by atoms with Crippen molar-refractivity contribution in [2.24, 2.45) is 0 Å². The summed E-state index contributed by atoms with van der Waals surface area (Å²) in [5.41, 5.74) is 6.68. The molecule has 0 unspecified atom stereocenters. The normalized spacial score (nSPS) is 11.3. The molecule has 2 aromatic carbocycles. The summed E-state index contributed by atoms with van der Waals surface area (Å²) in [6, 6.07) is 12.9. The maximum Gasteiger partial charge on any atom is 0.284 e. The zero-order valence-electron chi connectivity index (χ0n) is 14.3. The number of hydrogen-bond acceptors (Lipinski definition) is 7. The first kappa shape index (κ1) is 18.4. The fourth-order valence-electron chi connectivity index (χ4n) is 2.44. The molecule has 0 saturated carbocycles. The van der Waals surface area contributed by atoms with Crippen LogP contribution < -0.4 is 10.5 Å². The standard InChI is InChI=1S/C17H16N4O5S/c1-2-26-14-7-3-12(4-8-14)16-11-17(18)20(19-16)27(24,25)15-9-5-13(6-10-15)21(22)23/h3-11H,2,18H2,1H3. The van der Waals surface area contributed by atoms with Crippen molar-refractivity contribution in [3.8, 4) is 17.0 Å². The van der Waals surface area contributed by atoms with Crippen LogP contribution in [0.25, 0.3) is 11.3 Å². The number of nitrogens with zero attached hydrogens (tertiary/aromatic N) is 3. The summed E-state index contributed by atoms with van der Waals surface area (Å²) in [5, 5.41) is 14.8. The predicted molar refractivity (Wildman–Crippen MR) is 98.9 cm³/mol. The van der Waals surface area contributed by atoms with E-state index in [0.717, 1.165) is 24.3 Å². The highest BCUT2D eigenvalue weighted by Crippen LogP contribution is 2.26. The van der Waals surface area contributed by atoms with Crippen LogP contribution in [0, 0.1) is 10.1 Å². The molecule has 1 heterocycles. The molecule has 27 heavy (non-hydrogen) atoms. The number of non-ortho nitro benzene ring substituents is 1. The Labute approximate surface area is 155 Å². The van der Waals surface area contributed by atoms with Gasteiger partial charge < -0.3 is 10.5 Å². The highest BCUT2D eigenvalue weighted by molar-refractivity contribution is 7.90. The van der Waals surface area contributed by atoms with E-state index in [0.29, 0.717) is 27.7 Å². The summed E-state index contributed by atoms with van der Waals surface area (Å²) in [4.78, 5) is 9.96. The van der Waals surface area contributed by atoms with Crippen LogP contribution in [0.1, 0.15) is 6.92 Å². The van der Waals surface area contributed by atoms with Gasteiger partial charge in [0.25, 0.3) is 15.7 Å². The van der Waals surface area contributed by atoms with E-state index in [2.05, 4.69) is 5.10 Å². The third-order valence-corrected chi connectivity index (χ3v) is 5.35. The van der Waals surface area contributed by atoms with Gasteiger partial charge in [-0.2, -0.15) is 13.5 Å². The van der Waals surface area contributed by atoms with Gasteiger partial charge in [0.05, 0.1) is 22.1 Å². The van der Waals surface area contributed by atoms with Crippen LogP contribution in [0.3, 0.4) is 0 Å². The van der Waals surface area contributed by atoms with Crippen molar-refractivity contribution < 1.29 is 18.1 Å². The molecule has 140 valence electrons. The van der Waals surface area contributed by atoms with E-state index >= 15 is 0 Å². The summed E-state index contributed by atoms with van der Waals surface area (Å²) in [7, 11) is -4.08. The Hall–Kier alpha value is -3.40.